The predicted molar refractivity (Wildman–Crippen MR) is 99.7 cm³/mol. The number of carbonyl (C=O) groups excluding carboxylic acids is 2. The Kier molecular flexibility index (Phi) is 4.83. The van der Waals surface area contributed by atoms with Crippen LogP contribution in [0.15, 0.2) is 42.6 Å². The molecule has 2 fully saturated rings. The van der Waals surface area contributed by atoms with E-state index in [4.69, 9.17) is 0 Å². The number of hydrogen-bond donors (Lipinski definition) is 1. The van der Waals surface area contributed by atoms with Gasteiger partial charge >= 0.3 is 0 Å². The van der Waals surface area contributed by atoms with E-state index in [0.29, 0.717) is 25.1 Å². The van der Waals surface area contributed by atoms with Crippen LogP contribution in [-0.4, -0.2) is 29.4 Å². The molecule has 2 aliphatic rings. The van der Waals surface area contributed by atoms with Crippen molar-refractivity contribution in [2.45, 2.75) is 38.1 Å². The first-order chi connectivity index (χ1) is 13.5. The summed E-state index contributed by atoms with van der Waals surface area (Å²) in [4.78, 5) is 31.1. The second kappa shape index (κ2) is 7.30. The van der Waals surface area contributed by atoms with Crippen LogP contribution in [0.5, 0.6) is 0 Å². The van der Waals surface area contributed by atoms with E-state index in [1.807, 2.05) is 0 Å². The zero-order valence-electron chi connectivity index (χ0n) is 15.3. The summed E-state index contributed by atoms with van der Waals surface area (Å²) in [7, 11) is 0. The number of hydrogen-bond acceptors (Lipinski definition) is 3. The maximum Gasteiger partial charge on any atom is 0.270 e. The highest BCUT2D eigenvalue weighted by molar-refractivity contribution is 6.00. The molecule has 1 aromatic heterocycles. The molecule has 28 heavy (non-hydrogen) atoms. The Balaban J connectivity index is 1.49. The maximum atomic E-state index is 13.6. The summed E-state index contributed by atoms with van der Waals surface area (Å²) in [5.74, 6) is -1.77. The van der Waals surface area contributed by atoms with Crippen LogP contribution < -0.4 is 10.2 Å². The third-order valence-electron chi connectivity index (χ3n) is 5.75. The van der Waals surface area contributed by atoms with Crippen molar-refractivity contribution in [1.82, 2.24) is 10.3 Å². The highest BCUT2D eigenvalue weighted by Gasteiger charge is 2.49. The molecule has 1 saturated heterocycles. The average Bonchev–Trinajstić information content (AvgIpc) is 2.97. The first kappa shape index (κ1) is 18.5. The highest BCUT2D eigenvalue weighted by Crippen LogP contribution is 2.46. The summed E-state index contributed by atoms with van der Waals surface area (Å²) in [6.07, 6.45) is 5.02. The van der Waals surface area contributed by atoms with Gasteiger partial charge in [-0.15, -0.1) is 0 Å². The summed E-state index contributed by atoms with van der Waals surface area (Å²) in [5, 5.41) is 2.99. The largest absolute Gasteiger partial charge is 0.348 e. The normalized spacial score (nSPS) is 24.6. The Bertz CT molecular complexity index is 886. The monoisotopic (exact) mass is 385 g/mol. The van der Waals surface area contributed by atoms with Gasteiger partial charge < -0.3 is 10.2 Å². The molecule has 1 N–H and O–H groups in total. The van der Waals surface area contributed by atoms with Crippen LogP contribution in [0.2, 0.25) is 0 Å². The van der Waals surface area contributed by atoms with Gasteiger partial charge in [-0.05, 0) is 49.9 Å². The van der Waals surface area contributed by atoms with Crippen molar-refractivity contribution in [3.8, 4) is 0 Å². The summed E-state index contributed by atoms with van der Waals surface area (Å²) < 4.78 is 27.2. The van der Waals surface area contributed by atoms with E-state index in [1.165, 1.54) is 17.0 Å². The van der Waals surface area contributed by atoms with Crippen molar-refractivity contribution in [2.75, 3.05) is 11.4 Å². The van der Waals surface area contributed by atoms with E-state index in [1.54, 1.807) is 24.4 Å². The fraction of sp³-hybridized carbons (Fsp3) is 0.381. The lowest BCUT2D eigenvalue weighted by Gasteiger charge is -2.36. The number of anilines is 1. The lowest BCUT2D eigenvalue weighted by molar-refractivity contribution is -0.127. The number of nitrogens with one attached hydrogen (secondary N) is 1. The number of benzene rings is 1. The average molecular weight is 385 g/mol. The number of carbonyl (C=O) groups is 2. The minimum absolute atomic E-state index is 0.116. The van der Waals surface area contributed by atoms with E-state index in [-0.39, 0.29) is 23.5 Å². The van der Waals surface area contributed by atoms with Crippen molar-refractivity contribution < 1.29 is 18.4 Å². The maximum absolute atomic E-state index is 13.6. The molecule has 2 heterocycles. The molecule has 0 unspecified atom stereocenters. The highest BCUT2D eigenvalue weighted by atomic mass is 19.1. The SMILES string of the molecule is O=C(N[C@H]1CCC[C@]2(CCN(c3cc(F)cc(F)c3)C2=O)C1)c1ccccn1. The van der Waals surface area contributed by atoms with Crippen molar-refractivity contribution in [2.24, 2.45) is 5.41 Å². The lowest BCUT2D eigenvalue weighted by atomic mass is 9.71. The summed E-state index contributed by atoms with van der Waals surface area (Å²) in [5.41, 5.74) is -0.000849. The van der Waals surface area contributed by atoms with E-state index in [0.717, 1.165) is 25.3 Å². The van der Waals surface area contributed by atoms with Gasteiger partial charge in [-0.3, -0.25) is 14.6 Å². The summed E-state index contributed by atoms with van der Waals surface area (Å²) >= 11 is 0. The van der Waals surface area contributed by atoms with Crippen molar-refractivity contribution in [3.05, 3.63) is 59.9 Å². The van der Waals surface area contributed by atoms with Gasteiger partial charge in [0.05, 0.1) is 5.41 Å². The van der Waals surface area contributed by atoms with Crippen molar-refractivity contribution >= 4 is 17.5 Å². The molecule has 1 saturated carbocycles. The van der Waals surface area contributed by atoms with Gasteiger partial charge in [-0.2, -0.15) is 0 Å². The zero-order valence-corrected chi connectivity index (χ0v) is 15.3. The molecule has 146 valence electrons. The standard InChI is InChI=1S/C21H21F2N3O2/c22-14-10-15(23)12-17(11-14)26-9-7-21(20(26)28)6-3-4-16(13-21)25-19(27)18-5-1-2-8-24-18/h1-2,5,8,10-12,16H,3-4,6-7,9,13H2,(H,25,27)/t16-,21-/m0/s1. The van der Waals surface area contributed by atoms with Crippen LogP contribution in [0.3, 0.4) is 0 Å². The number of nitrogens with zero attached hydrogens (tertiary/aromatic N) is 2. The number of amides is 2. The quantitative estimate of drug-likeness (QED) is 0.880. The van der Waals surface area contributed by atoms with Crippen LogP contribution in [0.25, 0.3) is 0 Å². The minimum atomic E-state index is -0.701. The molecule has 1 aliphatic heterocycles. The van der Waals surface area contributed by atoms with E-state index < -0.39 is 17.0 Å². The zero-order chi connectivity index (χ0) is 19.7. The van der Waals surface area contributed by atoms with E-state index in [2.05, 4.69) is 10.3 Å². The summed E-state index contributed by atoms with van der Waals surface area (Å²) in [6.45, 7) is 0.419. The molecule has 1 aliphatic carbocycles. The second-order valence-corrected chi connectivity index (χ2v) is 7.60. The number of rotatable bonds is 3. The molecule has 2 aromatic rings. The van der Waals surface area contributed by atoms with Crippen LogP contribution in [-0.2, 0) is 4.79 Å². The van der Waals surface area contributed by atoms with Gasteiger partial charge in [0.2, 0.25) is 5.91 Å². The predicted octanol–water partition coefficient (Wildman–Crippen LogP) is 3.46. The van der Waals surface area contributed by atoms with Crippen molar-refractivity contribution in [1.29, 1.82) is 0 Å². The van der Waals surface area contributed by atoms with E-state index in [9.17, 15) is 18.4 Å². The van der Waals surface area contributed by atoms with Gasteiger partial charge in [0.1, 0.15) is 17.3 Å². The van der Waals surface area contributed by atoms with Gasteiger partial charge in [-0.25, -0.2) is 8.78 Å². The Hall–Kier alpha value is -2.83. The van der Waals surface area contributed by atoms with Crippen LogP contribution in [0.1, 0.15) is 42.6 Å². The topological polar surface area (TPSA) is 62.3 Å². The van der Waals surface area contributed by atoms with Gasteiger partial charge in [-0.1, -0.05) is 12.5 Å². The number of halogens is 2. The first-order valence-electron chi connectivity index (χ1n) is 9.47. The molecule has 1 spiro atoms. The fourth-order valence-corrected chi connectivity index (χ4v) is 4.43. The van der Waals surface area contributed by atoms with E-state index >= 15 is 0 Å². The number of aromatic nitrogens is 1. The molecule has 7 heteroatoms. The molecular weight excluding hydrogens is 364 g/mol. The molecule has 4 rings (SSSR count). The Labute approximate surface area is 161 Å². The minimum Gasteiger partial charge on any atom is -0.348 e. The first-order valence-corrected chi connectivity index (χ1v) is 9.47. The molecule has 1 aromatic carbocycles. The molecule has 2 amide bonds. The molecule has 2 atom stereocenters. The van der Waals surface area contributed by atoms with Crippen LogP contribution in [0.4, 0.5) is 14.5 Å². The Morgan fingerprint density at radius 3 is 2.68 bits per heavy atom. The van der Waals surface area contributed by atoms with Gasteiger partial charge in [0.15, 0.2) is 0 Å². The Morgan fingerprint density at radius 2 is 1.96 bits per heavy atom. The molecular formula is C21H21F2N3O2. The van der Waals surface area contributed by atoms with Crippen LogP contribution >= 0.6 is 0 Å². The smallest absolute Gasteiger partial charge is 0.270 e. The van der Waals surface area contributed by atoms with Crippen LogP contribution in [0, 0.1) is 17.0 Å². The molecule has 0 radical (unpaired) electrons. The Morgan fingerprint density at radius 1 is 1.18 bits per heavy atom. The summed E-state index contributed by atoms with van der Waals surface area (Å²) in [6, 6.07) is 8.18. The number of pyridine rings is 1. The lowest BCUT2D eigenvalue weighted by Crippen LogP contribution is -2.46. The molecule has 0 bridgehead atoms. The third kappa shape index (κ3) is 3.48. The van der Waals surface area contributed by atoms with Gasteiger partial charge in [0.25, 0.3) is 5.91 Å². The third-order valence-corrected chi connectivity index (χ3v) is 5.75. The second-order valence-electron chi connectivity index (χ2n) is 7.60. The fourth-order valence-electron chi connectivity index (χ4n) is 4.43. The van der Waals surface area contributed by atoms with Crippen molar-refractivity contribution in [3.63, 3.8) is 0 Å². The van der Waals surface area contributed by atoms with Gasteiger partial charge in [0, 0.05) is 30.5 Å². The molecule has 5 nitrogen and oxygen atoms in total.